The van der Waals surface area contributed by atoms with Gasteiger partial charge in [-0.25, -0.2) is 0 Å². The van der Waals surface area contributed by atoms with Gasteiger partial charge in [-0.2, -0.15) is 5.26 Å². The number of rotatable bonds is 8. The summed E-state index contributed by atoms with van der Waals surface area (Å²) < 4.78 is 0. The third kappa shape index (κ3) is 5.34. The molecule has 2 N–H and O–H groups in total. The van der Waals surface area contributed by atoms with E-state index < -0.39 is 0 Å². The molecule has 0 aromatic heterocycles. The van der Waals surface area contributed by atoms with Crippen LogP contribution in [0.3, 0.4) is 0 Å². The fourth-order valence-electron chi connectivity index (χ4n) is 2.40. The molecule has 1 amide bonds. The number of hydrogen-bond donors (Lipinski definition) is 2. The molecule has 0 saturated heterocycles. The van der Waals surface area contributed by atoms with Crippen molar-refractivity contribution in [3.05, 3.63) is 41.5 Å². The molecule has 1 aromatic rings. The van der Waals surface area contributed by atoms with E-state index in [-0.39, 0.29) is 17.9 Å². The average Bonchev–Trinajstić information content (AvgIpc) is 2.57. The Balaban J connectivity index is 2.62. The van der Waals surface area contributed by atoms with Gasteiger partial charge in [0.1, 0.15) is 0 Å². The number of benzene rings is 1. The van der Waals surface area contributed by atoms with Gasteiger partial charge in [0.2, 0.25) is 5.91 Å². The molecule has 0 bridgehead atoms. The van der Waals surface area contributed by atoms with Gasteiger partial charge in [0.25, 0.3) is 0 Å². The van der Waals surface area contributed by atoms with Crippen molar-refractivity contribution >= 4 is 12.0 Å². The Morgan fingerprint density at radius 3 is 2.73 bits per heavy atom. The molecule has 0 fully saturated rings. The highest BCUT2D eigenvalue weighted by Crippen LogP contribution is 2.29. The molecule has 0 heterocycles. The summed E-state index contributed by atoms with van der Waals surface area (Å²) in [6, 6.07) is 9.16. The number of carbonyl (C=O) groups excluding carboxylic acids is 1. The highest BCUT2D eigenvalue weighted by molar-refractivity contribution is 5.91. The van der Waals surface area contributed by atoms with Crippen molar-refractivity contribution in [2.24, 2.45) is 5.41 Å². The zero-order valence-electron chi connectivity index (χ0n) is 13.3. The van der Waals surface area contributed by atoms with Crippen LogP contribution in [0.1, 0.15) is 44.2 Å². The summed E-state index contributed by atoms with van der Waals surface area (Å²) in [6.45, 7) is 4.85. The van der Waals surface area contributed by atoms with Crippen LogP contribution in [0.15, 0.2) is 30.3 Å². The lowest BCUT2D eigenvalue weighted by molar-refractivity contribution is -0.117. The molecule has 118 valence electrons. The Labute approximate surface area is 132 Å². The normalized spacial score (nSPS) is 11.4. The molecule has 4 nitrogen and oxygen atoms in total. The Hall–Kier alpha value is -2.12. The third-order valence-corrected chi connectivity index (χ3v) is 4.22. The fraction of sp³-hybridized carbons (Fsp3) is 0.444. The van der Waals surface area contributed by atoms with Gasteiger partial charge in [0, 0.05) is 19.2 Å². The molecule has 0 aliphatic heterocycles. The van der Waals surface area contributed by atoms with Crippen LogP contribution >= 0.6 is 0 Å². The number of carbonyl (C=O) groups is 1. The van der Waals surface area contributed by atoms with Crippen LogP contribution in [-0.4, -0.2) is 24.2 Å². The topological polar surface area (TPSA) is 73.1 Å². The first-order valence-electron chi connectivity index (χ1n) is 7.66. The Bertz CT molecular complexity index is 554. The van der Waals surface area contributed by atoms with Gasteiger partial charge < -0.3 is 10.4 Å². The van der Waals surface area contributed by atoms with Crippen molar-refractivity contribution in [3.63, 3.8) is 0 Å². The number of nitrogens with zero attached hydrogens (tertiary/aromatic N) is 1. The van der Waals surface area contributed by atoms with Crippen LogP contribution in [-0.2, 0) is 4.79 Å². The lowest BCUT2D eigenvalue weighted by atomic mass is 9.79. The summed E-state index contributed by atoms with van der Waals surface area (Å²) in [5.74, 6) is -0.161. The largest absolute Gasteiger partial charge is 0.396 e. The van der Waals surface area contributed by atoms with Crippen LogP contribution in [0, 0.1) is 16.7 Å². The second-order valence-electron chi connectivity index (χ2n) is 5.47. The molecule has 0 radical (unpaired) electrons. The second-order valence-corrected chi connectivity index (χ2v) is 5.47. The minimum Gasteiger partial charge on any atom is -0.396 e. The van der Waals surface area contributed by atoms with E-state index in [4.69, 9.17) is 5.26 Å². The van der Waals surface area contributed by atoms with Crippen LogP contribution < -0.4 is 5.32 Å². The molecular formula is C18H24N2O2. The van der Waals surface area contributed by atoms with Gasteiger partial charge in [-0.15, -0.1) is 0 Å². The lowest BCUT2D eigenvalue weighted by Crippen LogP contribution is -2.36. The summed E-state index contributed by atoms with van der Waals surface area (Å²) in [5.41, 5.74) is 1.35. The molecule has 22 heavy (non-hydrogen) atoms. The van der Waals surface area contributed by atoms with Crippen molar-refractivity contribution in [1.29, 1.82) is 5.26 Å². The quantitative estimate of drug-likeness (QED) is 0.725. The standard InChI is InChI=1S/C18H24N2O2/c1-3-18(4-2,10-11-21)14-20-17(22)9-8-15-6-5-7-16(12-15)13-19/h5-9,12,21H,3-4,10-11,14H2,1-2H3,(H,20,22)/b9-8+. The van der Waals surface area contributed by atoms with Crippen LogP contribution in [0.25, 0.3) is 6.08 Å². The van der Waals surface area contributed by atoms with E-state index in [0.717, 1.165) is 18.4 Å². The van der Waals surface area contributed by atoms with E-state index in [1.165, 1.54) is 6.08 Å². The van der Waals surface area contributed by atoms with Crippen molar-refractivity contribution in [2.75, 3.05) is 13.2 Å². The molecule has 0 saturated carbocycles. The molecule has 1 rings (SSSR count). The van der Waals surface area contributed by atoms with E-state index in [9.17, 15) is 9.90 Å². The number of aliphatic hydroxyl groups excluding tert-OH is 1. The number of hydrogen-bond acceptors (Lipinski definition) is 3. The van der Waals surface area contributed by atoms with Crippen LogP contribution in [0.4, 0.5) is 0 Å². The SMILES string of the molecule is CCC(CC)(CCO)CNC(=O)/C=C/c1cccc(C#N)c1. The average molecular weight is 300 g/mol. The van der Waals surface area contributed by atoms with Gasteiger partial charge in [-0.3, -0.25) is 4.79 Å². The van der Waals surface area contributed by atoms with Gasteiger partial charge in [0.05, 0.1) is 11.6 Å². The van der Waals surface area contributed by atoms with Gasteiger partial charge in [0.15, 0.2) is 0 Å². The van der Waals surface area contributed by atoms with E-state index in [2.05, 4.69) is 25.2 Å². The molecule has 4 heteroatoms. The highest BCUT2D eigenvalue weighted by atomic mass is 16.3. The first kappa shape index (κ1) is 17.9. The van der Waals surface area contributed by atoms with Crippen LogP contribution in [0.2, 0.25) is 0 Å². The minimum absolute atomic E-state index is 0.0427. The Morgan fingerprint density at radius 1 is 1.41 bits per heavy atom. The monoisotopic (exact) mass is 300 g/mol. The maximum atomic E-state index is 11.9. The lowest BCUT2D eigenvalue weighted by Gasteiger charge is -2.31. The molecule has 0 unspecified atom stereocenters. The second kappa shape index (κ2) is 9.01. The minimum atomic E-state index is -0.161. The van der Waals surface area contributed by atoms with Gasteiger partial charge in [-0.1, -0.05) is 26.0 Å². The van der Waals surface area contributed by atoms with Crippen molar-refractivity contribution in [2.45, 2.75) is 33.1 Å². The highest BCUT2D eigenvalue weighted by Gasteiger charge is 2.25. The van der Waals surface area contributed by atoms with Gasteiger partial charge >= 0.3 is 0 Å². The zero-order chi connectivity index (χ0) is 16.4. The smallest absolute Gasteiger partial charge is 0.244 e. The predicted molar refractivity (Wildman–Crippen MR) is 87.9 cm³/mol. The van der Waals surface area contributed by atoms with E-state index >= 15 is 0 Å². The van der Waals surface area contributed by atoms with Crippen molar-refractivity contribution in [3.8, 4) is 6.07 Å². The van der Waals surface area contributed by atoms with Crippen molar-refractivity contribution in [1.82, 2.24) is 5.32 Å². The first-order valence-corrected chi connectivity index (χ1v) is 7.66. The Kier molecular flexibility index (Phi) is 7.34. The molecular weight excluding hydrogens is 276 g/mol. The number of amides is 1. The maximum Gasteiger partial charge on any atom is 0.244 e. The first-order chi connectivity index (χ1) is 10.6. The Morgan fingerprint density at radius 2 is 2.14 bits per heavy atom. The summed E-state index contributed by atoms with van der Waals surface area (Å²) in [7, 11) is 0. The number of aliphatic hydroxyl groups is 1. The van der Waals surface area contributed by atoms with Crippen LogP contribution in [0.5, 0.6) is 0 Å². The third-order valence-electron chi connectivity index (χ3n) is 4.22. The molecule has 1 aromatic carbocycles. The number of nitriles is 1. The summed E-state index contributed by atoms with van der Waals surface area (Å²) in [6.07, 6.45) is 5.69. The fourth-order valence-corrected chi connectivity index (χ4v) is 2.40. The van der Waals surface area contributed by atoms with E-state index in [0.29, 0.717) is 18.5 Å². The molecule has 0 aliphatic carbocycles. The van der Waals surface area contributed by atoms with E-state index in [1.54, 1.807) is 24.3 Å². The van der Waals surface area contributed by atoms with Gasteiger partial charge in [-0.05, 0) is 48.4 Å². The maximum absolute atomic E-state index is 11.9. The summed E-state index contributed by atoms with van der Waals surface area (Å²) in [5, 5.41) is 20.9. The molecule has 0 aliphatic rings. The molecule has 0 spiro atoms. The van der Waals surface area contributed by atoms with Crippen molar-refractivity contribution < 1.29 is 9.90 Å². The summed E-state index contributed by atoms with van der Waals surface area (Å²) in [4.78, 5) is 11.9. The predicted octanol–water partition coefficient (Wildman–Crippen LogP) is 2.88. The number of nitrogens with one attached hydrogen (secondary N) is 1. The summed E-state index contributed by atoms with van der Waals surface area (Å²) >= 11 is 0. The van der Waals surface area contributed by atoms with E-state index in [1.807, 2.05) is 6.07 Å². The molecule has 0 atom stereocenters. The zero-order valence-corrected chi connectivity index (χ0v) is 13.3.